The number of hydrogen-bond acceptors (Lipinski definition) is 4. The summed E-state index contributed by atoms with van der Waals surface area (Å²) in [6, 6.07) is 4.03. The summed E-state index contributed by atoms with van der Waals surface area (Å²) in [6.07, 6.45) is 7.22. The molecule has 0 aliphatic carbocycles. The average Bonchev–Trinajstić information content (AvgIpc) is 2.39. The summed E-state index contributed by atoms with van der Waals surface area (Å²) >= 11 is 0. The molecule has 0 aliphatic rings. The molecule has 1 rings (SSSR count). The van der Waals surface area contributed by atoms with Gasteiger partial charge in [-0.3, -0.25) is 15.2 Å². The third-order valence-corrected chi connectivity index (χ3v) is 2.78. The number of carbonyl (C=O) groups is 1. The Morgan fingerprint density at radius 3 is 2.94 bits per heavy atom. The van der Waals surface area contributed by atoms with Crippen LogP contribution < -0.4 is 11.3 Å². The van der Waals surface area contributed by atoms with Gasteiger partial charge in [0, 0.05) is 25.4 Å². The van der Waals surface area contributed by atoms with Crippen molar-refractivity contribution < 1.29 is 4.79 Å². The summed E-state index contributed by atoms with van der Waals surface area (Å²) in [7, 11) is 2.10. The molecule has 5 heteroatoms. The van der Waals surface area contributed by atoms with E-state index in [9.17, 15) is 4.79 Å². The van der Waals surface area contributed by atoms with Crippen LogP contribution in [0.4, 0.5) is 0 Å². The minimum absolute atomic E-state index is 0.0845. The number of carbonyl (C=O) groups excluding carboxylic acids is 1. The summed E-state index contributed by atoms with van der Waals surface area (Å²) in [5.41, 5.74) is 3.37. The van der Waals surface area contributed by atoms with Gasteiger partial charge in [-0.05, 0) is 38.1 Å². The van der Waals surface area contributed by atoms with E-state index in [2.05, 4.69) is 28.4 Å². The van der Waals surface area contributed by atoms with E-state index in [-0.39, 0.29) is 5.91 Å². The van der Waals surface area contributed by atoms with Crippen LogP contribution in [0, 0.1) is 0 Å². The second-order valence-electron chi connectivity index (χ2n) is 4.48. The number of rotatable bonds is 8. The van der Waals surface area contributed by atoms with E-state index in [1.165, 1.54) is 5.56 Å². The third kappa shape index (κ3) is 6.32. The zero-order chi connectivity index (χ0) is 13.2. The molecule has 1 aromatic rings. The van der Waals surface area contributed by atoms with Crippen molar-refractivity contribution in [3.05, 3.63) is 30.1 Å². The molecule has 0 saturated heterocycles. The number of nitrogens with two attached hydrogens (primary N) is 1. The standard InChI is InChI=1S/C13H22N4O/c1-17(11-12-6-5-8-15-10-12)9-4-2-3-7-13(18)16-14/h5-6,8,10H,2-4,7,9,11,14H2,1H3,(H,16,18). The topological polar surface area (TPSA) is 71.2 Å². The summed E-state index contributed by atoms with van der Waals surface area (Å²) in [4.78, 5) is 17.3. The Hall–Kier alpha value is -1.46. The van der Waals surface area contributed by atoms with Crippen molar-refractivity contribution in [2.45, 2.75) is 32.2 Å². The number of hydrazine groups is 1. The van der Waals surface area contributed by atoms with Crippen molar-refractivity contribution >= 4 is 5.91 Å². The van der Waals surface area contributed by atoms with Gasteiger partial charge in [0.15, 0.2) is 0 Å². The number of nitrogens with one attached hydrogen (secondary N) is 1. The fourth-order valence-corrected chi connectivity index (χ4v) is 1.80. The molecule has 0 aliphatic heterocycles. The van der Waals surface area contributed by atoms with Gasteiger partial charge >= 0.3 is 0 Å². The fraction of sp³-hybridized carbons (Fsp3) is 0.538. The maximum Gasteiger partial charge on any atom is 0.233 e. The molecular formula is C13H22N4O. The van der Waals surface area contributed by atoms with Gasteiger partial charge in [0.05, 0.1) is 0 Å². The molecule has 0 fully saturated rings. The molecular weight excluding hydrogens is 228 g/mol. The molecule has 0 radical (unpaired) electrons. The Morgan fingerprint density at radius 1 is 1.44 bits per heavy atom. The van der Waals surface area contributed by atoms with Gasteiger partial charge in [-0.15, -0.1) is 0 Å². The minimum atomic E-state index is -0.0845. The lowest BCUT2D eigenvalue weighted by Gasteiger charge is -2.16. The van der Waals surface area contributed by atoms with Crippen molar-refractivity contribution in [3.63, 3.8) is 0 Å². The Balaban J connectivity index is 2.07. The number of aromatic nitrogens is 1. The number of pyridine rings is 1. The van der Waals surface area contributed by atoms with Crippen LogP contribution in [0.1, 0.15) is 31.2 Å². The lowest BCUT2D eigenvalue weighted by atomic mass is 10.2. The molecule has 0 aromatic carbocycles. The van der Waals surface area contributed by atoms with Crippen molar-refractivity contribution in [1.29, 1.82) is 0 Å². The number of amides is 1. The molecule has 5 nitrogen and oxygen atoms in total. The molecule has 0 unspecified atom stereocenters. The number of hydrogen-bond donors (Lipinski definition) is 2. The van der Waals surface area contributed by atoms with Gasteiger partial charge in [0.25, 0.3) is 0 Å². The van der Waals surface area contributed by atoms with E-state index in [1.807, 2.05) is 12.3 Å². The second kappa shape index (κ2) is 8.60. The summed E-state index contributed by atoms with van der Waals surface area (Å²) in [6.45, 7) is 1.94. The van der Waals surface area contributed by atoms with Crippen molar-refractivity contribution in [1.82, 2.24) is 15.3 Å². The van der Waals surface area contributed by atoms with Crippen LogP contribution in [0.25, 0.3) is 0 Å². The van der Waals surface area contributed by atoms with Crippen molar-refractivity contribution in [2.75, 3.05) is 13.6 Å². The van der Waals surface area contributed by atoms with Gasteiger partial charge in [0.1, 0.15) is 0 Å². The van der Waals surface area contributed by atoms with Crippen LogP contribution in [-0.4, -0.2) is 29.4 Å². The quantitative estimate of drug-likeness (QED) is 0.313. The maximum absolute atomic E-state index is 10.9. The Kier molecular flexibility index (Phi) is 6.98. The highest BCUT2D eigenvalue weighted by Gasteiger charge is 2.01. The summed E-state index contributed by atoms with van der Waals surface area (Å²) in [5.74, 6) is 4.92. The lowest BCUT2D eigenvalue weighted by molar-refractivity contribution is -0.121. The number of nitrogens with zero attached hydrogens (tertiary/aromatic N) is 2. The first-order valence-corrected chi connectivity index (χ1v) is 6.29. The molecule has 1 amide bonds. The van der Waals surface area contributed by atoms with Crippen LogP contribution in [0.3, 0.4) is 0 Å². The first kappa shape index (κ1) is 14.6. The first-order valence-electron chi connectivity index (χ1n) is 6.29. The molecule has 18 heavy (non-hydrogen) atoms. The van der Waals surface area contributed by atoms with Crippen LogP contribution in [-0.2, 0) is 11.3 Å². The number of unbranched alkanes of at least 4 members (excludes halogenated alkanes) is 2. The zero-order valence-electron chi connectivity index (χ0n) is 10.9. The first-order chi connectivity index (χ1) is 8.72. The average molecular weight is 250 g/mol. The SMILES string of the molecule is CN(CCCCCC(=O)NN)Cc1cccnc1. The van der Waals surface area contributed by atoms with E-state index >= 15 is 0 Å². The lowest BCUT2D eigenvalue weighted by Crippen LogP contribution is -2.29. The highest BCUT2D eigenvalue weighted by Crippen LogP contribution is 2.04. The third-order valence-electron chi connectivity index (χ3n) is 2.78. The van der Waals surface area contributed by atoms with Gasteiger partial charge in [-0.25, -0.2) is 5.84 Å². The molecule has 0 saturated carbocycles. The van der Waals surface area contributed by atoms with E-state index in [1.54, 1.807) is 6.20 Å². The summed E-state index contributed by atoms with van der Waals surface area (Å²) < 4.78 is 0. The predicted molar refractivity (Wildman–Crippen MR) is 71.4 cm³/mol. The molecule has 0 spiro atoms. The van der Waals surface area contributed by atoms with Gasteiger partial charge < -0.3 is 4.90 Å². The van der Waals surface area contributed by atoms with Crippen molar-refractivity contribution in [2.24, 2.45) is 5.84 Å². The van der Waals surface area contributed by atoms with Crippen LogP contribution in [0.5, 0.6) is 0 Å². The summed E-state index contributed by atoms with van der Waals surface area (Å²) in [5, 5.41) is 0. The molecule has 3 N–H and O–H groups in total. The Morgan fingerprint density at radius 2 is 2.28 bits per heavy atom. The monoisotopic (exact) mass is 250 g/mol. The van der Waals surface area contributed by atoms with E-state index in [4.69, 9.17) is 5.84 Å². The molecule has 1 heterocycles. The van der Waals surface area contributed by atoms with E-state index in [0.29, 0.717) is 6.42 Å². The van der Waals surface area contributed by atoms with Gasteiger partial charge in [-0.2, -0.15) is 0 Å². The molecule has 0 atom stereocenters. The molecule has 100 valence electrons. The van der Waals surface area contributed by atoms with Crippen LogP contribution in [0.15, 0.2) is 24.5 Å². The van der Waals surface area contributed by atoms with Crippen molar-refractivity contribution in [3.8, 4) is 0 Å². The van der Waals surface area contributed by atoms with Gasteiger partial charge in [0.2, 0.25) is 5.91 Å². The highest BCUT2D eigenvalue weighted by atomic mass is 16.2. The highest BCUT2D eigenvalue weighted by molar-refractivity contribution is 5.74. The fourth-order valence-electron chi connectivity index (χ4n) is 1.80. The zero-order valence-corrected chi connectivity index (χ0v) is 10.9. The largest absolute Gasteiger partial charge is 0.302 e. The van der Waals surface area contributed by atoms with Gasteiger partial charge in [-0.1, -0.05) is 12.5 Å². The molecule has 1 aromatic heterocycles. The maximum atomic E-state index is 10.9. The predicted octanol–water partition coefficient (Wildman–Crippen LogP) is 1.06. The second-order valence-corrected chi connectivity index (χ2v) is 4.48. The minimum Gasteiger partial charge on any atom is -0.302 e. The van der Waals surface area contributed by atoms with E-state index in [0.717, 1.165) is 32.4 Å². The molecule has 0 bridgehead atoms. The van der Waals surface area contributed by atoms with Crippen LogP contribution >= 0.6 is 0 Å². The normalized spacial score (nSPS) is 10.6. The van der Waals surface area contributed by atoms with Crippen LogP contribution in [0.2, 0.25) is 0 Å². The smallest absolute Gasteiger partial charge is 0.233 e. The Labute approximate surface area is 108 Å². The Bertz CT molecular complexity index is 342. The van der Waals surface area contributed by atoms with E-state index < -0.39 is 0 Å².